The highest BCUT2D eigenvalue weighted by molar-refractivity contribution is 7.89. The number of nitrogens with zero attached hydrogens (tertiary/aromatic N) is 4. The monoisotopic (exact) mass is 310 g/mol. The second-order valence-electron chi connectivity index (χ2n) is 4.75. The van der Waals surface area contributed by atoms with E-state index in [9.17, 15) is 8.42 Å². The van der Waals surface area contributed by atoms with E-state index in [0.717, 1.165) is 11.3 Å². The average molecular weight is 310 g/mol. The highest BCUT2D eigenvalue weighted by Gasteiger charge is 2.08. The number of benzene rings is 1. The molecule has 0 saturated carbocycles. The van der Waals surface area contributed by atoms with E-state index in [2.05, 4.69) is 20.8 Å². The highest BCUT2D eigenvalue weighted by Crippen LogP contribution is 2.16. The minimum absolute atomic E-state index is 0.0165. The number of hydrogen-bond donors (Lipinski definition) is 2. The van der Waals surface area contributed by atoms with Crippen molar-refractivity contribution in [3.8, 4) is 5.69 Å². The predicted molar refractivity (Wildman–Crippen MR) is 78.2 cm³/mol. The van der Waals surface area contributed by atoms with E-state index in [4.69, 9.17) is 5.14 Å². The van der Waals surface area contributed by atoms with Gasteiger partial charge in [0, 0.05) is 6.04 Å². The van der Waals surface area contributed by atoms with Gasteiger partial charge in [-0.1, -0.05) is 12.1 Å². The fourth-order valence-corrected chi connectivity index (χ4v) is 2.47. The van der Waals surface area contributed by atoms with Gasteiger partial charge in [-0.3, -0.25) is 0 Å². The standard InChI is InChI=1S/C12H18N6O2S/c1-10(14-6-3-7-21(13,19)20)11-4-2-5-12(8-11)18-9-15-16-17-18/h2,4-5,8-10,14H,3,6-7H2,1H3,(H2,13,19,20). The second-order valence-corrected chi connectivity index (χ2v) is 6.48. The summed E-state index contributed by atoms with van der Waals surface area (Å²) in [6.45, 7) is 2.59. The van der Waals surface area contributed by atoms with Crippen molar-refractivity contribution in [2.45, 2.75) is 19.4 Å². The Balaban J connectivity index is 1.93. The number of hydrogen-bond acceptors (Lipinski definition) is 6. The zero-order valence-electron chi connectivity index (χ0n) is 11.7. The summed E-state index contributed by atoms with van der Waals surface area (Å²) in [4.78, 5) is 0. The van der Waals surface area contributed by atoms with E-state index in [0.29, 0.717) is 13.0 Å². The summed E-state index contributed by atoms with van der Waals surface area (Å²) in [6.07, 6.45) is 2.01. The maximum atomic E-state index is 10.9. The van der Waals surface area contributed by atoms with Crippen LogP contribution in [-0.2, 0) is 10.0 Å². The van der Waals surface area contributed by atoms with Crippen LogP contribution in [0.25, 0.3) is 5.69 Å². The fourth-order valence-electron chi connectivity index (χ4n) is 1.93. The van der Waals surface area contributed by atoms with Gasteiger partial charge in [-0.15, -0.1) is 5.10 Å². The summed E-state index contributed by atoms with van der Waals surface area (Å²) < 4.78 is 23.3. The van der Waals surface area contributed by atoms with Crippen LogP contribution in [0.4, 0.5) is 0 Å². The summed E-state index contributed by atoms with van der Waals surface area (Å²) >= 11 is 0. The van der Waals surface area contributed by atoms with Crippen LogP contribution in [0, 0.1) is 0 Å². The lowest BCUT2D eigenvalue weighted by Gasteiger charge is -2.15. The van der Waals surface area contributed by atoms with Crippen LogP contribution in [0.5, 0.6) is 0 Å². The Labute approximate surface area is 123 Å². The molecule has 1 heterocycles. The normalized spacial score (nSPS) is 13.2. The van der Waals surface area contributed by atoms with Gasteiger partial charge in [0.25, 0.3) is 0 Å². The third-order valence-corrected chi connectivity index (χ3v) is 3.90. The van der Waals surface area contributed by atoms with Crippen molar-refractivity contribution in [3.05, 3.63) is 36.2 Å². The first-order valence-corrected chi connectivity index (χ1v) is 8.24. The quantitative estimate of drug-likeness (QED) is 0.695. The van der Waals surface area contributed by atoms with Crippen molar-refractivity contribution in [3.63, 3.8) is 0 Å². The van der Waals surface area contributed by atoms with Gasteiger partial charge >= 0.3 is 0 Å². The van der Waals surface area contributed by atoms with Crippen molar-refractivity contribution in [1.29, 1.82) is 0 Å². The summed E-state index contributed by atoms with van der Waals surface area (Å²) in [6, 6.07) is 7.89. The Hall–Kier alpha value is -1.84. The molecule has 0 radical (unpaired) electrons. The first-order chi connectivity index (χ1) is 9.96. The number of aromatic nitrogens is 4. The molecule has 0 bridgehead atoms. The molecule has 0 aliphatic heterocycles. The minimum Gasteiger partial charge on any atom is -0.310 e. The maximum absolute atomic E-state index is 10.9. The third-order valence-electron chi connectivity index (χ3n) is 3.04. The van der Waals surface area contributed by atoms with Gasteiger partial charge in [-0.25, -0.2) is 18.2 Å². The highest BCUT2D eigenvalue weighted by atomic mass is 32.2. The molecular weight excluding hydrogens is 292 g/mol. The zero-order chi connectivity index (χ0) is 15.3. The molecule has 114 valence electrons. The van der Waals surface area contributed by atoms with E-state index in [1.807, 2.05) is 31.2 Å². The molecule has 3 N–H and O–H groups in total. The topological polar surface area (TPSA) is 116 Å². The number of nitrogens with one attached hydrogen (secondary N) is 1. The van der Waals surface area contributed by atoms with Crippen molar-refractivity contribution in [2.75, 3.05) is 12.3 Å². The molecule has 1 unspecified atom stereocenters. The van der Waals surface area contributed by atoms with Gasteiger partial charge in [-0.05, 0) is 48.0 Å². The van der Waals surface area contributed by atoms with E-state index >= 15 is 0 Å². The maximum Gasteiger partial charge on any atom is 0.209 e. The number of primary sulfonamides is 1. The molecule has 0 spiro atoms. The lowest BCUT2D eigenvalue weighted by Crippen LogP contribution is -2.24. The number of rotatable bonds is 7. The van der Waals surface area contributed by atoms with Crippen LogP contribution in [0.1, 0.15) is 24.9 Å². The Bertz CT molecular complexity index is 671. The SMILES string of the molecule is CC(NCCCS(N)(=O)=O)c1cccc(-n2cnnn2)c1. The molecule has 2 aromatic rings. The predicted octanol–water partition coefficient (Wildman–Crippen LogP) is -0.00850. The number of nitrogens with two attached hydrogens (primary N) is 1. The Morgan fingerprint density at radius 1 is 1.43 bits per heavy atom. The van der Waals surface area contributed by atoms with Crippen molar-refractivity contribution < 1.29 is 8.42 Å². The second kappa shape index (κ2) is 6.74. The molecule has 0 amide bonds. The molecule has 9 heteroatoms. The summed E-state index contributed by atoms with van der Waals surface area (Å²) in [7, 11) is -3.39. The summed E-state index contributed by atoms with van der Waals surface area (Å²) in [5.41, 5.74) is 1.94. The molecule has 1 aromatic heterocycles. The molecule has 1 atom stereocenters. The van der Waals surface area contributed by atoms with E-state index in [-0.39, 0.29) is 11.8 Å². The largest absolute Gasteiger partial charge is 0.310 e. The van der Waals surface area contributed by atoms with Crippen LogP contribution in [0.3, 0.4) is 0 Å². The van der Waals surface area contributed by atoms with Crippen molar-refractivity contribution in [1.82, 2.24) is 25.5 Å². The van der Waals surface area contributed by atoms with E-state index < -0.39 is 10.0 Å². The molecule has 0 aliphatic rings. The minimum atomic E-state index is -3.39. The third kappa shape index (κ3) is 4.88. The molecule has 8 nitrogen and oxygen atoms in total. The van der Waals surface area contributed by atoms with Crippen molar-refractivity contribution in [2.24, 2.45) is 5.14 Å². The van der Waals surface area contributed by atoms with Gasteiger partial charge in [0.15, 0.2) is 0 Å². The lowest BCUT2D eigenvalue weighted by molar-refractivity contribution is 0.560. The van der Waals surface area contributed by atoms with E-state index in [1.165, 1.54) is 6.33 Å². The fraction of sp³-hybridized carbons (Fsp3) is 0.417. The van der Waals surface area contributed by atoms with Crippen LogP contribution in [0.2, 0.25) is 0 Å². The molecule has 0 fully saturated rings. The van der Waals surface area contributed by atoms with Gasteiger partial charge < -0.3 is 5.32 Å². The van der Waals surface area contributed by atoms with Crippen molar-refractivity contribution >= 4 is 10.0 Å². The molecular formula is C12H18N6O2S. The van der Waals surface area contributed by atoms with Gasteiger partial charge in [-0.2, -0.15) is 0 Å². The summed E-state index contributed by atoms with van der Waals surface area (Å²) in [5, 5.41) is 19.3. The number of tetrazole rings is 1. The molecule has 0 aliphatic carbocycles. The molecule has 1 aromatic carbocycles. The van der Waals surface area contributed by atoms with Gasteiger partial charge in [0.05, 0.1) is 11.4 Å². The lowest BCUT2D eigenvalue weighted by atomic mass is 10.1. The average Bonchev–Trinajstić information content (AvgIpc) is 2.96. The zero-order valence-corrected chi connectivity index (χ0v) is 12.5. The van der Waals surface area contributed by atoms with Crippen LogP contribution in [-0.4, -0.2) is 40.9 Å². The smallest absolute Gasteiger partial charge is 0.209 e. The Kier molecular flexibility index (Phi) is 4.99. The Morgan fingerprint density at radius 3 is 2.90 bits per heavy atom. The van der Waals surface area contributed by atoms with Crippen LogP contribution < -0.4 is 10.5 Å². The van der Waals surface area contributed by atoms with Crippen LogP contribution >= 0.6 is 0 Å². The summed E-state index contributed by atoms with van der Waals surface area (Å²) in [5.74, 6) is -0.0165. The first kappa shape index (κ1) is 15.5. The van der Waals surface area contributed by atoms with Crippen LogP contribution in [0.15, 0.2) is 30.6 Å². The van der Waals surface area contributed by atoms with E-state index in [1.54, 1.807) is 4.68 Å². The molecule has 0 saturated heterocycles. The molecule has 2 rings (SSSR count). The Morgan fingerprint density at radius 2 is 2.24 bits per heavy atom. The molecule has 21 heavy (non-hydrogen) atoms. The van der Waals surface area contributed by atoms with Gasteiger partial charge in [0.1, 0.15) is 6.33 Å². The van der Waals surface area contributed by atoms with Gasteiger partial charge in [0.2, 0.25) is 10.0 Å². The first-order valence-electron chi connectivity index (χ1n) is 6.53. The number of sulfonamides is 1.